The summed E-state index contributed by atoms with van der Waals surface area (Å²) in [5.41, 5.74) is 5.96. The van der Waals surface area contributed by atoms with Crippen LogP contribution in [0.3, 0.4) is 0 Å². The Kier molecular flexibility index (Phi) is 7.92. The zero-order chi connectivity index (χ0) is 13.3. The molecule has 108 valence electrons. The van der Waals surface area contributed by atoms with E-state index in [0.29, 0.717) is 6.54 Å². The van der Waals surface area contributed by atoms with Gasteiger partial charge in [-0.3, -0.25) is 0 Å². The molecule has 2 heteroatoms. The first-order valence-electron chi connectivity index (χ1n) is 8.07. The minimum atomic E-state index is 0.0462. The normalized spacial score (nSPS) is 18.8. The Labute approximate surface area is 113 Å². The first kappa shape index (κ1) is 16.0. The molecule has 0 radical (unpaired) electrons. The predicted molar refractivity (Wildman–Crippen MR) is 78.5 cm³/mol. The Balaban J connectivity index is 2.09. The first-order chi connectivity index (χ1) is 8.76. The second-order valence-corrected chi connectivity index (χ2v) is 6.38. The van der Waals surface area contributed by atoms with Crippen molar-refractivity contribution in [3.8, 4) is 0 Å². The minimum absolute atomic E-state index is 0.0462. The smallest absolute Gasteiger partial charge is 0.0499 e. The molecule has 1 rings (SSSR count). The van der Waals surface area contributed by atoms with Gasteiger partial charge in [0.1, 0.15) is 0 Å². The number of hydrogen-bond donors (Lipinski definition) is 2. The Morgan fingerprint density at radius 1 is 1.06 bits per heavy atom. The number of aliphatic hydroxyl groups is 1. The molecule has 0 aliphatic heterocycles. The van der Waals surface area contributed by atoms with E-state index in [2.05, 4.69) is 6.92 Å². The van der Waals surface area contributed by atoms with Crippen molar-refractivity contribution in [2.75, 3.05) is 13.2 Å². The summed E-state index contributed by atoms with van der Waals surface area (Å²) in [4.78, 5) is 0. The highest BCUT2D eigenvalue weighted by molar-refractivity contribution is 4.87. The maximum atomic E-state index is 9.65. The lowest BCUT2D eigenvalue weighted by Crippen LogP contribution is -2.34. The van der Waals surface area contributed by atoms with E-state index in [0.717, 1.165) is 18.8 Å². The monoisotopic (exact) mass is 255 g/mol. The van der Waals surface area contributed by atoms with Gasteiger partial charge in [-0.15, -0.1) is 0 Å². The molecule has 1 saturated carbocycles. The molecule has 1 fully saturated rings. The fourth-order valence-electron chi connectivity index (χ4n) is 2.89. The largest absolute Gasteiger partial charge is 0.396 e. The maximum Gasteiger partial charge on any atom is 0.0499 e. The molecule has 1 unspecified atom stereocenters. The zero-order valence-electron chi connectivity index (χ0n) is 12.3. The molecular weight excluding hydrogens is 222 g/mol. The van der Waals surface area contributed by atoms with Gasteiger partial charge in [0.15, 0.2) is 0 Å². The lowest BCUT2D eigenvalue weighted by molar-refractivity contribution is 0.103. The molecule has 0 amide bonds. The van der Waals surface area contributed by atoms with Gasteiger partial charge >= 0.3 is 0 Å². The first-order valence-corrected chi connectivity index (χ1v) is 8.07. The van der Waals surface area contributed by atoms with Crippen LogP contribution < -0.4 is 5.73 Å². The van der Waals surface area contributed by atoms with Gasteiger partial charge < -0.3 is 10.8 Å². The second-order valence-electron chi connectivity index (χ2n) is 6.38. The van der Waals surface area contributed by atoms with Gasteiger partial charge in [0, 0.05) is 18.6 Å². The molecule has 1 atom stereocenters. The summed E-state index contributed by atoms with van der Waals surface area (Å²) in [5.74, 6) is 0.866. The highest BCUT2D eigenvalue weighted by atomic mass is 16.3. The standard InChI is InChI=1S/C16H33NO/c1-2-3-4-5-6-7-8-11-16(13-17,14-18)12-15-9-10-15/h15,18H,2-14,17H2,1H3. The van der Waals surface area contributed by atoms with Gasteiger partial charge in [-0.25, -0.2) is 0 Å². The molecule has 0 aromatic carbocycles. The fraction of sp³-hybridized carbons (Fsp3) is 1.00. The Morgan fingerprint density at radius 3 is 2.17 bits per heavy atom. The van der Waals surface area contributed by atoms with Crippen LogP contribution in [0.4, 0.5) is 0 Å². The van der Waals surface area contributed by atoms with Crippen LogP contribution in [0.1, 0.15) is 77.6 Å². The van der Waals surface area contributed by atoms with Crippen LogP contribution in [0, 0.1) is 11.3 Å². The molecule has 0 spiro atoms. The number of aliphatic hydroxyl groups excluding tert-OH is 1. The van der Waals surface area contributed by atoms with Gasteiger partial charge in [0.2, 0.25) is 0 Å². The van der Waals surface area contributed by atoms with Gasteiger partial charge in [0.05, 0.1) is 0 Å². The van der Waals surface area contributed by atoms with Gasteiger partial charge in [-0.1, -0.05) is 64.7 Å². The summed E-state index contributed by atoms with van der Waals surface area (Å²) in [7, 11) is 0. The predicted octanol–water partition coefficient (Wildman–Crippen LogP) is 3.86. The Hall–Kier alpha value is -0.0800. The average molecular weight is 255 g/mol. The molecule has 0 aromatic rings. The van der Waals surface area contributed by atoms with Crippen LogP contribution in [0.25, 0.3) is 0 Å². The molecule has 3 N–H and O–H groups in total. The van der Waals surface area contributed by atoms with Crippen molar-refractivity contribution in [3.05, 3.63) is 0 Å². The third-order valence-electron chi connectivity index (χ3n) is 4.50. The van der Waals surface area contributed by atoms with E-state index in [1.165, 1.54) is 57.8 Å². The number of unbranched alkanes of at least 4 members (excludes halogenated alkanes) is 6. The summed E-state index contributed by atoms with van der Waals surface area (Å²) in [6, 6.07) is 0. The van der Waals surface area contributed by atoms with E-state index < -0.39 is 0 Å². The summed E-state index contributed by atoms with van der Waals surface area (Å²) in [5, 5.41) is 9.65. The third-order valence-corrected chi connectivity index (χ3v) is 4.50. The molecule has 0 heterocycles. The molecule has 18 heavy (non-hydrogen) atoms. The van der Waals surface area contributed by atoms with E-state index in [4.69, 9.17) is 5.73 Å². The molecule has 0 bridgehead atoms. The minimum Gasteiger partial charge on any atom is -0.396 e. The van der Waals surface area contributed by atoms with Crippen molar-refractivity contribution < 1.29 is 5.11 Å². The molecule has 0 saturated heterocycles. The van der Waals surface area contributed by atoms with E-state index in [1.807, 2.05) is 0 Å². The van der Waals surface area contributed by atoms with Crippen molar-refractivity contribution in [3.63, 3.8) is 0 Å². The number of rotatable bonds is 12. The van der Waals surface area contributed by atoms with Crippen LogP contribution >= 0.6 is 0 Å². The quantitative estimate of drug-likeness (QED) is 0.520. The van der Waals surface area contributed by atoms with Crippen LogP contribution in [-0.2, 0) is 0 Å². The fourth-order valence-corrected chi connectivity index (χ4v) is 2.89. The average Bonchev–Trinajstić information content (AvgIpc) is 3.20. The maximum absolute atomic E-state index is 9.65. The van der Waals surface area contributed by atoms with E-state index in [1.54, 1.807) is 0 Å². The SMILES string of the molecule is CCCCCCCCCC(CN)(CO)CC1CC1. The topological polar surface area (TPSA) is 46.2 Å². The van der Waals surface area contributed by atoms with Gasteiger partial charge in [-0.05, 0) is 18.8 Å². The lowest BCUT2D eigenvalue weighted by atomic mass is 9.78. The zero-order valence-corrected chi connectivity index (χ0v) is 12.3. The van der Waals surface area contributed by atoms with Gasteiger partial charge in [-0.2, -0.15) is 0 Å². The molecule has 1 aliphatic rings. The molecule has 1 aliphatic carbocycles. The Bertz CT molecular complexity index is 197. The van der Waals surface area contributed by atoms with E-state index in [-0.39, 0.29) is 12.0 Å². The number of nitrogens with two attached hydrogens (primary N) is 1. The van der Waals surface area contributed by atoms with Crippen molar-refractivity contribution in [2.24, 2.45) is 17.1 Å². The third kappa shape index (κ3) is 6.19. The van der Waals surface area contributed by atoms with E-state index >= 15 is 0 Å². The van der Waals surface area contributed by atoms with Crippen molar-refractivity contribution in [1.29, 1.82) is 0 Å². The summed E-state index contributed by atoms with van der Waals surface area (Å²) in [6.45, 7) is 3.21. The second kappa shape index (κ2) is 8.92. The summed E-state index contributed by atoms with van der Waals surface area (Å²) < 4.78 is 0. The lowest BCUT2D eigenvalue weighted by Gasteiger charge is -2.30. The van der Waals surface area contributed by atoms with Crippen molar-refractivity contribution in [2.45, 2.75) is 77.6 Å². The Morgan fingerprint density at radius 2 is 1.67 bits per heavy atom. The molecule has 0 aromatic heterocycles. The highest BCUT2D eigenvalue weighted by Crippen LogP contribution is 2.42. The van der Waals surface area contributed by atoms with Crippen molar-refractivity contribution >= 4 is 0 Å². The number of hydrogen-bond acceptors (Lipinski definition) is 2. The molecule has 2 nitrogen and oxygen atoms in total. The van der Waals surface area contributed by atoms with Crippen LogP contribution in [-0.4, -0.2) is 18.3 Å². The highest BCUT2D eigenvalue weighted by Gasteiger charge is 2.35. The van der Waals surface area contributed by atoms with Crippen molar-refractivity contribution in [1.82, 2.24) is 0 Å². The molecular formula is C16H33NO. The summed E-state index contributed by atoms with van der Waals surface area (Å²) >= 11 is 0. The van der Waals surface area contributed by atoms with Crippen LogP contribution in [0.5, 0.6) is 0 Å². The van der Waals surface area contributed by atoms with Crippen LogP contribution in [0.2, 0.25) is 0 Å². The summed E-state index contributed by atoms with van der Waals surface area (Å²) in [6.07, 6.45) is 14.4. The van der Waals surface area contributed by atoms with Gasteiger partial charge in [0.25, 0.3) is 0 Å². The van der Waals surface area contributed by atoms with E-state index in [9.17, 15) is 5.11 Å². The van der Waals surface area contributed by atoms with Crippen LogP contribution in [0.15, 0.2) is 0 Å².